The number of hydrogen-bond donors (Lipinski definition) is 2. The molecule has 0 aliphatic rings. The zero-order chi connectivity index (χ0) is 12.1. The van der Waals surface area contributed by atoms with E-state index in [4.69, 9.17) is 0 Å². The highest BCUT2D eigenvalue weighted by Crippen LogP contribution is 2.10. The molecule has 90 valence electrons. The molecular weight excluding hydrogens is 215 g/mol. The monoisotopic (exact) mass is 232 g/mol. The first-order valence-corrected chi connectivity index (χ1v) is 5.84. The Bertz CT molecular complexity index is 463. The van der Waals surface area contributed by atoms with Gasteiger partial charge in [-0.2, -0.15) is 0 Å². The molecule has 1 heterocycles. The molecule has 0 atom stereocenters. The Morgan fingerprint density at radius 1 is 1.29 bits per heavy atom. The number of H-pyrrole nitrogens is 1. The maximum absolute atomic E-state index is 12.9. The zero-order valence-electron chi connectivity index (χ0n) is 9.96. The lowest BCUT2D eigenvalue weighted by Crippen LogP contribution is -2.17. The third-order valence-electron chi connectivity index (χ3n) is 2.85. The fourth-order valence-electron chi connectivity index (χ4n) is 1.86. The van der Waals surface area contributed by atoms with Crippen molar-refractivity contribution < 1.29 is 4.39 Å². The van der Waals surface area contributed by atoms with Crippen LogP contribution in [0.5, 0.6) is 0 Å². The van der Waals surface area contributed by atoms with E-state index < -0.39 is 0 Å². The molecule has 1 aromatic carbocycles. The lowest BCUT2D eigenvalue weighted by Gasteiger charge is -2.07. The Balaban J connectivity index is 1.78. The summed E-state index contributed by atoms with van der Waals surface area (Å²) in [5.41, 5.74) is 3.40. The van der Waals surface area contributed by atoms with Gasteiger partial charge in [0.05, 0.1) is 0 Å². The third kappa shape index (κ3) is 3.43. The van der Waals surface area contributed by atoms with Crippen LogP contribution in [0.1, 0.15) is 16.8 Å². The molecule has 2 aromatic rings. The predicted molar refractivity (Wildman–Crippen MR) is 67.3 cm³/mol. The van der Waals surface area contributed by atoms with Crippen LogP contribution in [0.25, 0.3) is 0 Å². The van der Waals surface area contributed by atoms with Gasteiger partial charge < -0.3 is 10.3 Å². The minimum absolute atomic E-state index is 0.161. The Hall–Kier alpha value is -1.61. The average molecular weight is 232 g/mol. The van der Waals surface area contributed by atoms with E-state index in [0.29, 0.717) is 0 Å². The summed E-state index contributed by atoms with van der Waals surface area (Å²) in [6.07, 6.45) is 2.84. The van der Waals surface area contributed by atoms with E-state index in [0.717, 1.165) is 25.1 Å². The first kappa shape index (κ1) is 11.9. The van der Waals surface area contributed by atoms with Crippen LogP contribution in [0.3, 0.4) is 0 Å². The lowest BCUT2D eigenvalue weighted by molar-refractivity contribution is 0.624. The molecule has 0 aliphatic heterocycles. The van der Waals surface area contributed by atoms with Crippen molar-refractivity contribution in [1.82, 2.24) is 10.3 Å². The molecular formula is C14H17FN2. The number of halogens is 1. The van der Waals surface area contributed by atoms with Gasteiger partial charge in [-0.05, 0) is 55.3 Å². The number of hydrogen-bond acceptors (Lipinski definition) is 1. The largest absolute Gasteiger partial charge is 0.364 e. The summed E-state index contributed by atoms with van der Waals surface area (Å²) in [4.78, 5) is 3.14. The lowest BCUT2D eigenvalue weighted by atomic mass is 10.1. The number of aromatic nitrogens is 1. The first-order chi connectivity index (χ1) is 8.25. The van der Waals surface area contributed by atoms with Crippen molar-refractivity contribution >= 4 is 0 Å². The molecule has 0 unspecified atom stereocenters. The molecule has 0 bridgehead atoms. The molecule has 3 heteroatoms. The van der Waals surface area contributed by atoms with Crippen molar-refractivity contribution in [3.8, 4) is 0 Å². The number of aromatic amines is 1. The van der Waals surface area contributed by atoms with Crippen LogP contribution in [0.15, 0.2) is 36.5 Å². The highest BCUT2D eigenvalue weighted by Gasteiger charge is 2.00. The van der Waals surface area contributed by atoms with Crippen molar-refractivity contribution in [2.75, 3.05) is 6.54 Å². The van der Waals surface area contributed by atoms with Gasteiger partial charge in [0, 0.05) is 18.4 Å². The van der Waals surface area contributed by atoms with E-state index in [-0.39, 0.29) is 5.82 Å². The van der Waals surface area contributed by atoms with Crippen molar-refractivity contribution in [3.63, 3.8) is 0 Å². The number of benzene rings is 1. The number of aryl methyl sites for hydroxylation is 1. The van der Waals surface area contributed by atoms with Gasteiger partial charge in [-0.15, -0.1) is 0 Å². The van der Waals surface area contributed by atoms with E-state index in [1.54, 1.807) is 6.07 Å². The summed E-state index contributed by atoms with van der Waals surface area (Å²) >= 11 is 0. The molecule has 0 spiro atoms. The average Bonchev–Trinajstić information content (AvgIpc) is 2.79. The van der Waals surface area contributed by atoms with Crippen molar-refractivity contribution in [1.29, 1.82) is 0 Å². The van der Waals surface area contributed by atoms with E-state index in [2.05, 4.69) is 16.4 Å². The van der Waals surface area contributed by atoms with Crippen molar-refractivity contribution in [2.24, 2.45) is 0 Å². The van der Waals surface area contributed by atoms with E-state index in [9.17, 15) is 4.39 Å². The minimum Gasteiger partial charge on any atom is -0.364 e. The van der Waals surface area contributed by atoms with Gasteiger partial charge in [-0.25, -0.2) is 4.39 Å². The number of nitrogens with one attached hydrogen (secondary N) is 2. The first-order valence-electron chi connectivity index (χ1n) is 5.84. The number of rotatable bonds is 5. The third-order valence-corrected chi connectivity index (χ3v) is 2.85. The molecule has 0 aliphatic carbocycles. The molecule has 0 saturated heterocycles. The summed E-state index contributed by atoms with van der Waals surface area (Å²) in [5.74, 6) is -0.161. The van der Waals surface area contributed by atoms with Crippen LogP contribution in [0.2, 0.25) is 0 Å². The van der Waals surface area contributed by atoms with Gasteiger partial charge in [-0.3, -0.25) is 0 Å². The van der Waals surface area contributed by atoms with Crippen LogP contribution in [0, 0.1) is 12.7 Å². The van der Waals surface area contributed by atoms with Gasteiger partial charge in [0.1, 0.15) is 5.82 Å². The van der Waals surface area contributed by atoms with E-state index >= 15 is 0 Å². The van der Waals surface area contributed by atoms with Crippen molar-refractivity contribution in [2.45, 2.75) is 19.9 Å². The minimum atomic E-state index is -0.161. The molecule has 0 saturated carbocycles. The quantitative estimate of drug-likeness (QED) is 0.762. The van der Waals surface area contributed by atoms with Gasteiger partial charge in [0.25, 0.3) is 0 Å². The summed E-state index contributed by atoms with van der Waals surface area (Å²) < 4.78 is 12.9. The van der Waals surface area contributed by atoms with Gasteiger partial charge in [0.15, 0.2) is 0 Å². The fraction of sp³-hybridized carbons (Fsp3) is 0.286. The second-order valence-electron chi connectivity index (χ2n) is 4.19. The molecule has 0 fully saturated rings. The molecule has 2 nitrogen and oxygen atoms in total. The summed E-state index contributed by atoms with van der Waals surface area (Å²) in [5, 5.41) is 3.35. The van der Waals surface area contributed by atoms with Crippen molar-refractivity contribution in [3.05, 3.63) is 59.2 Å². The molecule has 17 heavy (non-hydrogen) atoms. The predicted octanol–water partition coefficient (Wildman–Crippen LogP) is 2.79. The van der Waals surface area contributed by atoms with Crippen LogP contribution in [-0.4, -0.2) is 11.5 Å². The molecule has 2 N–H and O–H groups in total. The van der Waals surface area contributed by atoms with E-state index in [1.165, 1.54) is 17.3 Å². The fourth-order valence-corrected chi connectivity index (χ4v) is 1.86. The summed E-state index contributed by atoms with van der Waals surface area (Å²) in [6, 6.07) is 9.01. The smallest absolute Gasteiger partial charge is 0.123 e. The molecule has 0 amide bonds. The van der Waals surface area contributed by atoms with Crippen LogP contribution in [-0.2, 0) is 13.0 Å². The molecule has 0 radical (unpaired) electrons. The Morgan fingerprint density at radius 3 is 2.88 bits per heavy atom. The Morgan fingerprint density at radius 2 is 2.18 bits per heavy atom. The molecule has 2 rings (SSSR count). The van der Waals surface area contributed by atoms with Crippen LogP contribution in [0.4, 0.5) is 4.39 Å². The normalized spacial score (nSPS) is 10.7. The Labute approximate surface area is 101 Å². The maximum Gasteiger partial charge on any atom is 0.123 e. The summed E-state index contributed by atoms with van der Waals surface area (Å²) in [6.45, 7) is 3.68. The highest BCUT2D eigenvalue weighted by atomic mass is 19.1. The standard InChI is InChI=1S/C14H17FN2/c1-11-9-13(15)5-4-12(11)6-8-16-10-14-3-2-7-17-14/h2-5,7,9,16-17H,6,8,10H2,1H3. The second kappa shape index (κ2) is 5.64. The van der Waals surface area contributed by atoms with Crippen LogP contribution < -0.4 is 5.32 Å². The SMILES string of the molecule is Cc1cc(F)ccc1CCNCc1ccc[nH]1. The van der Waals surface area contributed by atoms with E-state index in [1.807, 2.05) is 25.3 Å². The maximum atomic E-state index is 12.9. The molecule has 1 aromatic heterocycles. The Kier molecular flexibility index (Phi) is 3.94. The second-order valence-corrected chi connectivity index (χ2v) is 4.19. The van der Waals surface area contributed by atoms with Gasteiger partial charge in [-0.1, -0.05) is 6.07 Å². The van der Waals surface area contributed by atoms with Gasteiger partial charge in [0.2, 0.25) is 0 Å². The topological polar surface area (TPSA) is 27.8 Å². The van der Waals surface area contributed by atoms with Gasteiger partial charge >= 0.3 is 0 Å². The zero-order valence-corrected chi connectivity index (χ0v) is 9.96. The van der Waals surface area contributed by atoms with Crippen LogP contribution >= 0.6 is 0 Å². The highest BCUT2D eigenvalue weighted by molar-refractivity contribution is 5.26. The summed E-state index contributed by atoms with van der Waals surface area (Å²) in [7, 11) is 0.